The minimum Gasteiger partial charge on any atom is -0.497 e. The SMILES string of the molecule is CCNC(=NCCc1cnn(C)c1)NCCOc1ccc(OC)cc1. The van der Waals surface area contributed by atoms with Crippen LogP contribution in [0.1, 0.15) is 12.5 Å². The van der Waals surface area contributed by atoms with Crippen LogP contribution in [-0.4, -0.2) is 49.1 Å². The molecular formula is C18H27N5O2. The molecule has 2 N–H and O–H groups in total. The predicted molar refractivity (Wildman–Crippen MR) is 99.4 cm³/mol. The van der Waals surface area contributed by atoms with E-state index in [0.29, 0.717) is 19.7 Å². The van der Waals surface area contributed by atoms with Crippen molar-refractivity contribution < 1.29 is 9.47 Å². The van der Waals surface area contributed by atoms with Gasteiger partial charge in [-0.05, 0) is 43.2 Å². The second-order valence-electron chi connectivity index (χ2n) is 5.48. The van der Waals surface area contributed by atoms with E-state index in [1.54, 1.807) is 11.8 Å². The topological polar surface area (TPSA) is 72.7 Å². The van der Waals surface area contributed by atoms with Crippen molar-refractivity contribution in [3.8, 4) is 11.5 Å². The number of aryl methyl sites for hydroxylation is 1. The molecule has 0 amide bonds. The van der Waals surface area contributed by atoms with Crippen LogP contribution in [-0.2, 0) is 13.5 Å². The first-order valence-corrected chi connectivity index (χ1v) is 8.48. The summed E-state index contributed by atoms with van der Waals surface area (Å²) in [5, 5.41) is 10.7. The lowest BCUT2D eigenvalue weighted by Gasteiger charge is -2.12. The van der Waals surface area contributed by atoms with Crippen molar-refractivity contribution in [1.82, 2.24) is 20.4 Å². The first-order valence-electron chi connectivity index (χ1n) is 8.48. The molecular weight excluding hydrogens is 318 g/mol. The van der Waals surface area contributed by atoms with Gasteiger partial charge >= 0.3 is 0 Å². The number of rotatable bonds is 9. The number of methoxy groups -OCH3 is 1. The molecule has 0 aliphatic heterocycles. The summed E-state index contributed by atoms with van der Waals surface area (Å²) in [6.45, 7) is 4.80. The molecule has 0 saturated heterocycles. The van der Waals surface area contributed by atoms with E-state index in [1.807, 2.05) is 50.6 Å². The summed E-state index contributed by atoms with van der Waals surface area (Å²) >= 11 is 0. The van der Waals surface area contributed by atoms with E-state index in [4.69, 9.17) is 9.47 Å². The number of aromatic nitrogens is 2. The van der Waals surface area contributed by atoms with Gasteiger partial charge in [0.15, 0.2) is 5.96 Å². The smallest absolute Gasteiger partial charge is 0.191 e. The van der Waals surface area contributed by atoms with Crippen molar-refractivity contribution in [1.29, 1.82) is 0 Å². The first kappa shape index (κ1) is 18.6. The number of hydrogen-bond donors (Lipinski definition) is 2. The Hall–Kier alpha value is -2.70. The van der Waals surface area contributed by atoms with Crippen molar-refractivity contribution in [2.75, 3.05) is 33.4 Å². The van der Waals surface area contributed by atoms with E-state index in [1.165, 1.54) is 5.56 Å². The van der Waals surface area contributed by atoms with Crippen LogP contribution in [0.2, 0.25) is 0 Å². The maximum Gasteiger partial charge on any atom is 0.191 e. The number of benzene rings is 1. The molecule has 0 fully saturated rings. The number of nitrogens with zero attached hydrogens (tertiary/aromatic N) is 3. The van der Waals surface area contributed by atoms with Crippen LogP contribution in [0.5, 0.6) is 11.5 Å². The van der Waals surface area contributed by atoms with Gasteiger partial charge in [-0.25, -0.2) is 0 Å². The van der Waals surface area contributed by atoms with E-state index in [-0.39, 0.29) is 0 Å². The van der Waals surface area contributed by atoms with E-state index in [0.717, 1.165) is 30.4 Å². The number of hydrogen-bond acceptors (Lipinski definition) is 4. The molecule has 136 valence electrons. The van der Waals surface area contributed by atoms with Gasteiger partial charge in [0.2, 0.25) is 0 Å². The molecule has 0 atom stereocenters. The largest absolute Gasteiger partial charge is 0.497 e. The Kier molecular flexibility index (Phi) is 7.62. The molecule has 1 aromatic heterocycles. The highest BCUT2D eigenvalue weighted by Crippen LogP contribution is 2.16. The van der Waals surface area contributed by atoms with Crippen molar-refractivity contribution in [2.24, 2.45) is 12.0 Å². The number of nitrogens with one attached hydrogen (secondary N) is 2. The molecule has 0 aliphatic carbocycles. The third-order valence-corrected chi connectivity index (χ3v) is 3.50. The predicted octanol–water partition coefficient (Wildman–Crippen LogP) is 1.61. The van der Waals surface area contributed by atoms with E-state index >= 15 is 0 Å². The Morgan fingerprint density at radius 1 is 1.20 bits per heavy atom. The number of ether oxygens (including phenoxy) is 2. The van der Waals surface area contributed by atoms with Crippen LogP contribution < -0.4 is 20.1 Å². The molecule has 0 unspecified atom stereocenters. The summed E-state index contributed by atoms with van der Waals surface area (Å²) in [5.74, 6) is 2.44. The van der Waals surface area contributed by atoms with Crippen LogP contribution in [0.25, 0.3) is 0 Å². The molecule has 0 spiro atoms. The summed E-state index contributed by atoms with van der Waals surface area (Å²) in [7, 11) is 3.57. The van der Waals surface area contributed by atoms with Crippen molar-refractivity contribution in [3.05, 3.63) is 42.2 Å². The molecule has 7 nitrogen and oxygen atoms in total. The monoisotopic (exact) mass is 345 g/mol. The van der Waals surface area contributed by atoms with Crippen LogP contribution in [0, 0.1) is 0 Å². The van der Waals surface area contributed by atoms with Gasteiger partial charge < -0.3 is 20.1 Å². The summed E-state index contributed by atoms with van der Waals surface area (Å²) in [4.78, 5) is 4.57. The minimum absolute atomic E-state index is 0.555. The zero-order valence-electron chi connectivity index (χ0n) is 15.2. The normalized spacial score (nSPS) is 11.2. The van der Waals surface area contributed by atoms with Crippen LogP contribution in [0.3, 0.4) is 0 Å². The first-order chi connectivity index (χ1) is 12.2. The molecule has 1 aromatic carbocycles. The zero-order chi connectivity index (χ0) is 17.9. The van der Waals surface area contributed by atoms with Gasteiger partial charge in [-0.3, -0.25) is 9.67 Å². The fourth-order valence-corrected chi connectivity index (χ4v) is 2.25. The molecule has 2 aromatic rings. The Labute approximate surface area is 149 Å². The molecule has 1 heterocycles. The molecule has 25 heavy (non-hydrogen) atoms. The Balaban J connectivity index is 1.71. The number of guanidine groups is 1. The van der Waals surface area contributed by atoms with Gasteiger partial charge in [-0.1, -0.05) is 0 Å². The summed E-state index contributed by atoms with van der Waals surface area (Å²) < 4.78 is 12.6. The highest BCUT2D eigenvalue weighted by molar-refractivity contribution is 5.79. The molecule has 0 aliphatic rings. The Morgan fingerprint density at radius 2 is 1.96 bits per heavy atom. The van der Waals surface area contributed by atoms with Crippen LogP contribution in [0.4, 0.5) is 0 Å². The molecule has 2 rings (SSSR count). The van der Waals surface area contributed by atoms with Gasteiger partial charge in [0.05, 0.1) is 19.9 Å². The lowest BCUT2D eigenvalue weighted by atomic mass is 10.3. The van der Waals surface area contributed by atoms with Gasteiger partial charge in [0, 0.05) is 26.3 Å². The highest BCUT2D eigenvalue weighted by atomic mass is 16.5. The quantitative estimate of drug-likeness (QED) is 0.410. The Morgan fingerprint density at radius 3 is 2.60 bits per heavy atom. The van der Waals surface area contributed by atoms with E-state index in [2.05, 4.69) is 20.7 Å². The summed E-state index contributed by atoms with van der Waals surface area (Å²) in [6, 6.07) is 7.55. The fourth-order valence-electron chi connectivity index (χ4n) is 2.25. The standard InChI is InChI=1S/C18H27N5O2/c1-4-19-18(20-10-9-15-13-22-23(2)14-15)21-11-12-25-17-7-5-16(24-3)6-8-17/h5-8,13-14H,4,9-12H2,1-3H3,(H2,19,20,21). The van der Waals surface area contributed by atoms with E-state index in [9.17, 15) is 0 Å². The maximum absolute atomic E-state index is 5.70. The number of aliphatic imine (C=N–C) groups is 1. The Bertz CT molecular complexity index is 652. The van der Waals surface area contributed by atoms with Crippen molar-refractivity contribution in [2.45, 2.75) is 13.3 Å². The second-order valence-corrected chi connectivity index (χ2v) is 5.48. The zero-order valence-corrected chi connectivity index (χ0v) is 15.2. The molecule has 7 heteroatoms. The highest BCUT2D eigenvalue weighted by Gasteiger charge is 2.00. The fraction of sp³-hybridized carbons (Fsp3) is 0.444. The van der Waals surface area contributed by atoms with Crippen molar-refractivity contribution >= 4 is 5.96 Å². The van der Waals surface area contributed by atoms with Gasteiger partial charge in [0.1, 0.15) is 18.1 Å². The minimum atomic E-state index is 0.555. The lowest BCUT2D eigenvalue weighted by molar-refractivity contribution is 0.321. The van der Waals surface area contributed by atoms with E-state index < -0.39 is 0 Å². The average molecular weight is 345 g/mol. The van der Waals surface area contributed by atoms with Gasteiger partial charge in [-0.2, -0.15) is 5.10 Å². The third kappa shape index (κ3) is 6.74. The van der Waals surface area contributed by atoms with Crippen LogP contribution >= 0.6 is 0 Å². The van der Waals surface area contributed by atoms with Crippen molar-refractivity contribution in [3.63, 3.8) is 0 Å². The van der Waals surface area contributed by atoms with Crippen LogP contribution in [0.15, 0.2) is 41.7 Å². The summed E-state index contributed by atoms with van der Waals surface area (Å²) in [5.41, 5.74) is 1.19. The lowest BCUT2D eigenvalue weighted by Crippen LogP contribution is -2.39. The molecule has 0 saturated carbocycles. The third-order valence-electron chi connectivity index (χ3n) is 3.50. The molecule has 0 bridgehead atoms. The average Bonchev–Trinajstić information content (AvgIpc) is 3.04. The van der Waals surface area contributed by atoms with Gasteiger partial charge in [-0.15, -0.1) is 0 Å². The molecule has 0 radical (unpaired) electrons. The summed E-state index contributed by atoms with van der Waals surface area (Å²) in [6.07, 6.45) is 4.75. The van der Waals surface area contributed by atoms with Gasteiger partial charge in [0.25, 0.3) is 0 Å². The second kappa shape index (κ2) is 10.2. The maximum atomic E-state index is 5.70.